The lowest BCUT2D eigenvalue weighted by Crippen LogP contribution is -2.33. The van der Waals surface area contributed by atoms with Crippen molar-refractivity contribution in [3.05, 3.63) is 41.5 Å². The van der Waals surface area contributed by atoms with Crippen LogP contribution < -0.4 is 0 Å². The monoisotopic (exact) mass is 335 g/mol. The third-order valence-corrected chi connectivity index (χ3v) is 3.76. The normalized spacial score (nSPS) is 22.8. The van der Waals surface area contributed by atoms with Gasteiger partial charge in [0.2, 0.25) is 0 Å². The lowest BCUT2D eigenvalue weighted by molar-refractivity contribution is -0.188. The molecule has 0 spiro atoms. The molecule has 1 heterocycles. The zero-order valence-corrected chi connectivity index (χ0v) is 11.9. The van der Waals surface area contributed by atoms with Crippen molar-refractivity contribution in [3.63, 3.8) is 0 Å². The van der Waals surface area contributed by atoms with Gasteiger partial charge in [0, 0.05) is 31.3 Å². The number of carbonyl (C=O) groups is 1. The Kier molecular flexibility index (Phi) is 5.03. The molecule has 126 valence electrons. The van der Waals surface area contributed by atoms with Crippen LogP contribution in [0.15, 0.2) is 24.3 Å². The summed E-state index contributed by atoms with van der Waals surface area (Å²) in [5.41, 5.74) is 0.104. The summed E-state index contributed by atoms with van der Waals surface area (Å²) in [5.74, 6) is -6.42. The van der Waals surface area contributed by atoms with E-state index in [1.54, 1.807) is 0 Å². The van der Waals surface area contributed by atoms with Gasteiger partial charge in [-0.2, -0.15) is 13.2 Å². The fourth-order valence-corrected chi connectivity index (χ4v) is 2.58. The van der Waals surface area contributed by atoms with Crippen molar-refractivity contribution in [2.45, 2.75) is 6.18 Å². The van der Waals surface area contributed by atoms with Gasteiger partial charge in [-0.05, 0) is 12.1 Å². The van der Waals surface area contributed by atoms with Crippen LogP contribution in [0.4, 0.5) is 22.0 Å². The third kappa shape index (κ3) is 4.28. The maximum absolute atomic E-state index is 13.4. The van der Waals surface area contributed by atoms with E-state index in [9.17, 15) is 26.7 Å². The molecule has 0 aromatic heterocycles. The van der Waals surface area contributed by atoms with E-state index in [-0.39, 0.29) is 18.7 Å². The maximum Gasteiger partial charge on any atom is 0.393 e. The highest BCUT2D eigenvalue weighted by atomic mass is 19.4. The second-order valence-corrected chi connectivity index (χ2v) is 5.38. The number of aliphatic carboxylic acids is 1. The van der Waals surface area contributed by atoms with Gasteiger partial charge >= 0.3 is 12.1 Å². The van der Waals surface area contributed by atoms with Crippen LogP contribution in [0.1, 0.15) is 5.56 Å². The number of likely N-dealkylation sites (tertiary alicyclic amines) is 1. The summed E-state index contributed by atoms with van der Waals surface area (Å²) in [7, 11) is 0. The lowest BCUT2D eigenvalue weighted by atomic mass is 9.96. The standard InChI is InChI=1S/C15H14F5NO2/c16-10-4-3-9(13(17)6-10)2-1-5-21-7-11(14(22)23)12(8-21)15(18,19)20/h1-4,6,11-12H,5,7-8H2,(H,22,23)/b2-1+/t11-,12-/m1/s1. The molecular formula is C15H14F5NO2. The fourth-order valence-electron chi connectivity index (χ4n) is 2.58. The SMILES string of the molecule is O=C(O)[C@@H]1CN(C/C=C/c2ccc(F)cc2F)C[C@H]1C(F)(F)F. The largest absolute Gasteiger partial charge is 0.481 e. The molecule has 1 aromatic rings. The molecule has 2 rings (SSSR count). The van der Waals surface area contributed by atoms with E-state index in [2.05, 4.69) is 0 Å². The zero-order chi connectivity index (χ0) is 17.2. The first-order valence-corrected chi connectivity index (χ1v) is 6.82. The predicted octanol–water partition coefficient (Wildman–Crippen LogP) is 3.17. The first kappa shape index (κ1) is 17.4. The number of hydrogen-bond acceptors (Lipinski definition) is 2. The third-order valence-electron chi connectivity index (χ3n) is 3.76. The van der Waals surface area contributed by atoms with Crippen LogP contribution in [0.2, 0.25) is 0 Å². The Hall–Kier alpha value is -1.96. The van der Waals surface area contributed by atoms with Crippen molar-refractivity contribution in [3.8, 4) is 0 Å². The fraction of sp³-hybridized carbons (Fsp3) is 0.400. The highest BCUT2D eigenvalue weighted by molar-refractivity contribution is 5.71. The Morgan fingerprint density at radius 3 is 2.52 bits per heavy atom. The minimum Gasteiger partial charge on any atom is -0.481 e. The van der Waals surface area contributed by atoms with E-state index in [1.165, 1.54) is 23.1 Å². The average molecular weight is 335 g/mol. The van der Waals surface area contributed by atoms with Gasteiger partial charge in [0.25, 0.3) is 0 Å². The van der Waals surface area contributed by atoms with Crippen LogP contribution in [0.3, 0.4) is 0 Å². The predicted molar refractivity (Wildman–Crippen MR) is 72.5 cm³/mol. The molecule has 0 bridgehead atoms. The second kappa shape index (κ2) is 6.66. The molecule has 3 nitrogen and oxygen atoms in total. The van der Waals surface area contributed by atoms with Gasteiger partial charge in [-0.3, -0.25) is 9.69 Å². The van der Waals surface area contributed by atoms with Crippen LogP contribution in [0.25, 0.3) is 6.08 Å². The van der Waals surface area contributed by atoms with Crippen molar-refractivity contribution >= 4 is 12.0 Å². The molecule has 1 fully saturated rings. The summed E-state index contributed by atoms with van der Waals surface area (Å²) < 4.78 is 64.6. The number of rotatable bonds is 4. The highest BCUT2D eigenvalue weighted by Crippen LogP contribution is 2.37. The Bertz CT molecular complexity index is 614. The molecule has 1 aliphatic rings. The molecular weight excluding hydrogens is 321 g/mol. The Labute approximate surface area is 129 Å². The lowest BCUT2D eigenvalue weighted by Gasteiger charge is -2.18. The van der Waals surface area contributed by atoms with Crippen LogP contribution in [0, 0.1) is 23.5 Å². The van der Waals surface area contributed by atoms with Gasteiger partial charge < -0.3 is 5.11 Å². The van der Waals surface area contributed by atoms with Gasteiger partial charge in [0.1, 0.15) is 11.6 Å². The quantitative estimate of drug-likeness (QED) is 0.859. The zero-order valence-electron chi connectivity index (χ0n) is 11.9. The molecule has 1 aromatic carbocycles. The summed E-state index contributed by atoms with van der Waals surface area (Å²) in [5, 5.41) is 8.90. The second-order valence-electron chi connectivity index (χ2n) is 5.38. The van der Waals surface area contributed by atoms with Crippen molar-refractivity contribution in [2.24, 2.45) is 11.8 Å². The van der Waals surface area contributed by atoms with E-state index < -0.39 is 42.2 Å². The van der Waals surface area contributed by atoms with E-state index in [0.717, 1.165) is 6.07 Å². The average Bonchev–Trinajstić information content (AvgIpc) is 2.86. The van der Waals surface area contributed by atoms with Crippen molar-refractivity contribution < 1.29 is 31.9 Å². The molecule has 1 N–H and O–H groups in total. The number of hydrogen-bond donors (Lipinski definition) is 1. The summed E-state index contributed by atoms with van der Waals surface area (Å²) in [6.45, 7) is -0.598. The van der Waals surface area contributed by atoms with E-state index >= 15 is 0 Å². The minimum absolute atomic E-state index is 0.0488. The number of carboxylic acids is 1. The molecule has 0 aliphatic carbocycles. The van der Waals surface area contributed by atoms with Gasteiger partial charge in [-0.15, -0.1) is 0 Å². The van der Waals surface area contributed by atoms with Crippen LogP contribution >= 0.6 is 0 Å². The molecule has 0 saturated carbocycles. The number of alkyl halides is 3. The van der Waals surface area contributed by atoms with Crippen molar-refractivity contribution in [1.29, 1.82) is 0 Å². The maximum atomic E-state index is 13.4. The van der Waals surface area contributed by atoms with Crippen LogP contribution in [-0.4, -0.2) is 41.8 Å². The van der Waals surface area contributed by atoms with Crippen LogP contribution in [0.5, 0.6) is 0 Å². The van der Waals surface area contributed by atoms with E-state index in [4.69, 9.17) is 5.11 Å². The Morgan fingerprint density at radius 2 is 2.00 bits per heavy atom. The topological polar surface area (TPSA) is 40.5 Å². The van der Waals surface area contributed by atoms with Gasteiger partial charge in [0.05, 0.1) is 11.8 Å². The van der Waals surface area contributed by atoms with Crippen molar-refractivity contribution in [2.75, 3.05) is 19.6 Å². The Balaban J connectivity index is 2.01. The summed E-state index contributed by atoms with van der Waals surface area (Å²) in [6.07, 6.45) is -1.83. The summed E-state index contributed by atoms with van der Waals surface area (Å²) >= 11 is 0. The number of carboxylic acid groups (broad SMARTS) is 1. The smallest absolute Gasteiger partial charge is 0.393 e. The number of benzene rings is 1. The molecule has 0 unspecified atom stereocenters. The molecule has 2 atom stereocenters. The summed E-state index contributed by atoms with van der Waals surface area (Å²) in [6, 6.07) is 2.98. The van der Waals surface area contributed by atoms with Crippen molar-refractivity contribution in [1.82, 2.24) is 4.90 Å². The molecule has 1 saturated heterocycles. The van der Waals surface area contributed by atoms with Gasteiger partial charge in [-0.1, -0.05) is 12.2 Å². The molecule has 8 heteroatoms. The van der Waals surface area contributed by atoms with Crippen LogP contribution in [-0.2, 0) is 4.79 Å². The molecule has 0 radical (unpaired) electrons. The minimum atomic E-state index is -4.58. The number of nitrogens with zero attached hydrogens (tertiary/aromatic N) is 1. The van der Waals surface area contributed by atoms with E-state index in [0.29, 0.717) is 6.07 Å². The molecule has 23 heavy (non-hydrogen) atoms. The van der Waals surface area contributed by atoms with Gasteiger partial charge in [0.15, 0.2) is 0 Å². The summed E-state index contributed by atoms with van der Waals surface area (Å²) in [4.78, 5) is 12.3. The first-order valence-electron chi connectivity index (χ1n) is 6.82. The molecule has 0 amide bonds. The molecule has 1 aliphatic heterocycles. The first-order chi connectivity index (χ1) is 10.7. The van der Waals surface area contributed by atoms with E-state index in [1.807, 2.05) is 0 Å². The number of halogens is 5. The highest BCUT2D eigenvalue weighted by Gasteiger charge is 2.52. The Morgan fingerprint density at radius 1 is 1.30 bits per heavy atom. The van der Waals surface area contributed by atoms with Gasteiger partial charge in [-0.25, -0.2) is 8.78 Å².